The Balaban J connectivity index is 2.05. The molecule has 1 atom stereocenters. The summed E-state index contributed by atoms with van der Waals surface area (Å²) < 4.78 is 0. The van der Waals surface area contributed by atoms with Crippen molar-refractivity contribution in [3.05, 3.63) is 23.8 Å². The quantitative estimate of drug-likeness (QED) is 0.682. The fourth-order valence-electron chi connectivity index (χ4n) is 2.26. The molecule has 1 amide bonds. The molecular formula is C13H18N2O3. The van der Waals surface area contributed by atoms with Crippen molar-refractivity contribution in [2.24, 2.45) is 0 Å². The van der Waals surface area contributed by atoms with Gasteiger partial charge in [-0.15, -0.1) is 0 Å². The van der Waals surface area contributed by atoms with Gasteiger partial charge < -0.3 is 20.4 Å². The van der Waals surface area contributed by atoms with Gasteiger partial charge in [0.15, 0.2) is 11.5 Å². The number of carbonyl (C=O) groups excluding carboxylic acids is 1. The number of nitrogens with one attached hydrogen (secondary N) is 1. The fourth-order valence-corrected chi connectivity index (χ4v) is 2.26. The minimum Gasteiger partial charge on any atom is -0.504 e. The van der Waals surface area contributed by atoms with E-state index in [0.717, 1.165) is 25.9 Å². The average molecular weight is 250 g/mol. The molecule has 5 nitrogen and oxygen atoms in total. The van der Waals surface area contributed by atoms with Gasteiger partial charge in [0.1, 0.15) is 0 Å². The van der Waals surface area contributed by atoms with E-state index in [1.54, 1.807) is 0 Å². The number of phenolic OH excluding ortho intramolecular Hbond substituents is 2. The highest BCUT2D eigenvalue weighted by Crippen LogP contribution is 2.28. The SMILES string of the molecule is CN1CCCC(NC(=O)c2cccc(O)c2O)C1. The van der Waals surface area contributed by atoms with E-state index in [0.29, 0.717) is 0 Å². The van der Waals surface area contributed by atoms with Crippen LogP contribution in [0.2, 0.25) is 0 Å². The largest absolute Gasteiger partial charge is 0.504 e. The van der Waals surface area contributed by atoms with Crippen LogP contribution in [0.4, 0.5) is 0 Å². The van der Waals surface area contributed by atoms with Gasteiger partial charge in [-0.25, -0.2) is 0 Å². The van der Waals surface area contributed by atoms with Gasteiger partial charge in [-0.2, -0.15) is 0 Å². The molecule has 98 valence electrons. The van der Waals surface area contributed by atoms with Crippen LogP contribution in [0.1, 0.15) is 23.2 Å². The van der Waals surface area contributed by atoms with Crippen molar-refractivity contribution >= 4 is 5.91 Å². The number of aromatic hydroxyl groups is 2. The molecule has 0 radical (unpaired) electrons. The van der Waals surface area contributed by atoms with Crippen molar-refractivity contribution in [3.63, 3.8) is 0 Å². The highest BCUT2D eigenvalue weighted by Gasteiger charge is 2.21. The number of amides is 1. The highest BCUT2D eigenvalue weighted by atomic mass is 16.3. The Morgan fingerprint density at radius 3 is 2.94 bits per heavy atom. The number of hydrogen-bond donors (Lipinski definition) is 3. The van der Waals surface area contributed by atoms with Gasteiger partial charge in [0.05, 0.1) is 5.56 Å². The molecule has 1 unspecified atom stereocenters. The molecule has 1 fully saturated rings. The van der Waals surface area contributed by atoms with Crippen molar-refractivity contribution in [3.8, 4) is 11.5 Å². The number of rotatable bonds is 2. The van der Waals surface area contributed by atoms with Gasteiger partial charge >= 0.3 is 0 Å². The maximum Gasteiger partial charge on any atom is 0.255 e. The molecule has 1 heterocycles. The van der Waals surface area contributed by atoms with E-state index in [1.807, 2.05) is 7.05 Å². The number of likely N-dealkylation sites (tertiary alicyclic amines) is 1. The van der Waals surface area contributed by atoms with Crippen molar-refractivity contribution in [2.45, 2.75) is 18.9 Å². The molecule has 0 aliphatic carbocycles. The van der Waals surface area contributed by atoms with Crippen molar-refractivity contribution in [1.29, 1.82) is 0 Å². The van der Waals surface area contributed by atoms with Crippen LogP contribution in [-0.2, 0) is 0 Å². The second-order valence-electron chi connectivity index (χ2n) is 4.75. The average Bonchev–Trinajstić information content (AvgIpc) is 2.32. The summed E-state index contributed by atoms with van der Waals surface area (Å²) in [5.41, 5.74) is 0.114. The van der Waals surface area contributed by atoms with Gasteiger partial charge in [0, 0.05) is 12.6 Å². The topological polar surface area (TPSA) is 72.8 Å². The lowest BCUT2D eigenvalue weighted by atomic mass is 10.1. The zero-order chi connectivity index (χ0) is 13.1. The third-order valence-corrected chi connectivity index (χ3v) is 3.22. The Hall–Kier alpha value is -1.75. The van der Waals surface area contributed by atoms with Crippen LogP contribution in [0.3, 0.4) is 0 Å². The summed E-state index contributed by atoms with van der Waals surface area (Å²) in [6.45, 7) is 1.86. The van der Waals surface area contributed by atoms with E-state index in [9.17, 15) is 15.0 Å². The van der Waals surface area contributed by atoms with Crippen molar-refractivity contribution in [2.75, 3.05) is 20.1 Å². The molecule has 5 heteroatoms. The Morgan fingerprint density at radius 1 is 1.44 bits per heavy atom. The number of para-hydroxylation sites is 1. The number of phenols is 2. The summed E-state index contributed by atoms with van der Waals surface area (Å²) in [6, 6.07) is 4.48. The van der Waals surface area contributed by atoms with Gasteiger partial charge in [-0.05, 0) is 38.6 Å². The maximum atomic E-state index is 12.0. The molecule has 2 rings (SSSR count). The van der Waals surface area contributed by atoms with Gasteiger partial charge in [-0.3, -0.25) is 4.79 Å². The number of carbonyl (C=O) groups is 1. The van der Waals surface area contributed by atoms with E-state index < -0.39 is 0 Å². The summed E-state index contributed by atoms with van der Waals surface area (Å²) in [4.78, 5) is 14.2. The number of hydrogen-bond acceptors (Lipinski definition) is 4. The molecule has 1 saturated heterocycles. The summed E-state index contributed by atoms with van der Waals surface area (Å²) in [5.74, 6) is -0.980. The first-order valence-corrected chi connectivity index (χ1v) is 6.08. The Kier molecular flexibility index (Phi) is 3.72. The number of benzene rings is 1. The maximum absolute atomic E-state index is 12.0. The first-order chi connectivity index (χ1) is 8.58. The summed E-state index contributed by atoms with van der Waals surface area (Å²) in [6.07, 6.45) is 1.99. The van der Waals surface area contributed by atoms with E-state index >= 15 is 0 Å². The van der Waals surface area contributed by atoms with E-state index in [-0.39, 0.29) is 29.0 Å². The lowest BCUT2D eigenvalue weighted by Crippen LogP contribution is -2.46. The lowest BCUT2D eigenvalue weighted by molar-refractivity contribution is 0.0909. The number of likely N-dealkylation sites (N-methyl/N-ethyl adjacent to an activating group) is 1. The first kappa shape index (κ1) is 12.7. The van der Waals surface area contributed by atoms with Crippen LogP contribution in [-0.4, -0.2) is 47.2 Å². The number of nitrogens with zero attached hydrogens (tertiary/aromatic N) is 1. The molecule has 1 aromatic rings. The minimum absolute atomic E-state index is 0.0954. The second kappa shape index (κ2) is 5.27. The molecule has 1 aromatic carbocycles. The van der Waals surface area contributed by atoms with Gasteiger partial charge in [-0.1, -0.05) is 6.07 Å². The monoisotopic (exact) mass is 250 g/mol. The molecule has 0 spiro atoms. The zero-order valence-corrected chi connectivity index (χ0v) is 10.4. The van der Waals surface area contributed by atoms with Crippen LogP contribution in [0.15, 0.2) is 18.2 Å². The fraction of sp³-hybridized carbons (Fsp3) is 0.462. The van der Waals surface area contributed by atoms with Crippen molar-refractivity contribution < 1.29 is 15.0 Å². The highest BCUT2D eigenvalue weighted by molar-refractivity contribution is 5.97. The van der Waals surface area contributed by atoms with Crippen LogP contribution in [0.25, 0.3) is 0 Å². The summed E-state index contributed by atoms with van der Waals surface area (Å²) in [7, 11) is 2.02. The predicted octanol–water partition coefficient (Wildman–Crippen LogP) is 0.922. The van der Waals surface area contributed by atoms with Crippen LogP contribution < -0.4 is 5.32 Å². The third-order valence-electron chi connectivity index (χ3n) is 3.22. The molecule has 1 aliphatic heterocycles. The predicted molar refractivity (Wildman–Crippen MR) is 67.8 cm³/mol. The summed E-state index contributed by atoms with van der Waals surface area (Å²) >= 11 is 0. The van der Waals surface area contributed by atoms with E-state index in [1.165, 1.54) is 18.2 Å². The molecule has 1 aliphatic rings. The Morgan fingerprint density at radius 2 is 2.22 bits per heavy atom. The molecule has 0 bridgehead atoms. The minimum atomic E-state index is -0.362. The molecule has 18 heavy (non-hydrogen) atoms. The van der Waals surface area contributed by atoms with Crippen LogP contribution >= 0.6 is 0 Å². The second-order valence-corrected chi connectivity index (χ2v) is 4.75. The smallest absolute Gasteiger partial charge is 0.255 e. The lowest BCUT2D eigenvalue weighted by Gasteiger charge is -2.30. The standard InChI is InChI=1S/C13H18N2O3/c1-15-7-3-4-9(8-15)14-13(18)10-5-2-6-11(16)12(10)17/h2,5-6,9,16-17H,3-4,7-8H2,1H3,(H,14,18). The molecule has 0 saturated carbocycles. The van der Waals surface area contributed by atoms with E-state index in [2.05, 4.69) is 10.2 Å². The van der Waals surface area contributed by atoms with Gasteiger partial charge in [0.2, 0.25) is 0 Å². The normalized spacial score (nSPS) is 20.6. The first-order valence-electron chi connectivity index (χ1n) is 6.08. The number of piperidine rings is 1. The van der Waals surface area contributed by atoms with Crippen LogP contribution in [0, 0.1) is 0 Å². The zero-order valence-electron chi connectivity index (χ0n) is 10.4. The molecule has 3 N–H and O–H groups in total. The van der Waals surface area contributed by atoms with Crippen LogP contribution in [0.5, 0.6) is 11.5 Å². The Labute approximate surface area is 106 Å². The van der Waals surface area contributed by atoms with Crippen molar-refractivity contribution in [1.82, 2.24) is 10.2 Å². The van der Waals surface area contributed by atoms with Gasteiger partial charge in [0.25, 0.3) is 5.91 Å². The Bertz CT molecular complexity index is 448. The molecule has 0 aromatic heterocycles. The van der Waals surface area contributed by atoms with E-state index in [4.69, 9.17) is 0 Å². The third kappa shape index (κ3) is 2.73. The molecular weight excluding hydrogens is 232 g/mol. The summed E-state index contributed by atoms with van der Waals surface area (Å²) in [5, 5.41) is 21.9.